The maximum atomic E-state index is 9.93. The van der Waals surface area contributed by atoms with E-state index in [1.807, 2.05) is 0 Å². The van der Waals surface area contributed by atoms with Crippen LogP contribution in [0.15, 0.2) is 0 Å². The normalized spacial score (nSPS) is 30.2. The van der Waals surface area contributed by atoms with E-state index >= 15 is 0 Å². The quantitative estimate of drug-likeness (QED) is 0.703. The lowest BCUT2D eigenvalue weighted by molar-refractivity contribution is -0.196. The molecule has 76 valence electrons. The van der Waals surface area contributed by atoms with Crippen molar-refractivity contribution in [1.29, 1.82) is 0 Å². The second-order valence-corrected chi connectivity index (χ2v) is 5.43. The van der Waals surface area contributed by atoms with Gasteiger partial charge in [-0.25, -0.2) is 0 Å². The summed E-state index contributed by atoms with van der Waals surface area (Å²) in [5.74, 6) is 0. The Bertz CT molecular complexity index is 198. The Morgan fingerprint density at radius 3 is 2.23 bits per heavy atom. The second kappa shape index (κ2) is 2.71. The van der Waals surface area contributed by atoms with Gasteiger partial charge < -0.3 is 5.11 Å². The van der Waals surface area contributed by atoms with Crippen molar-refractivity contribution < 1.29 is 5.11 Å². The van der Waals surface area contributed by atoms with Crippen LogP contribution in [0.3, 0.4) is 0 Å². The van der Waals surface area contributed by atoms with E-state index in [0.717, 1.165) is 19.3 Å². The minimum Gasteiger partial charge on any atom is -0.390 e. The maximum Gasteiger partial charge on any atom is 0.0657 e. The third-order valence-electron chi connectivity index (χ3n) is 3.87. The molecule has 2 nitrogen and oxygen atoms in total. The van der Waals surface area contributed by atoms with E-state index in [1.165, 1.54) is 13.1 Å². The Hall–Kier alpha value is -0.0800. The summed E-state index contributed by atoms with van der Waals surface area (Å²) in [7, 11) is 0. The monoisotopic (exact) mass is 183 g/mol. The van der Waals surface area contributed by atoms with Crippen LogP contribution >= 0.6 is 0 Å². The van der Waals surface area contributed by atoms with Crippen molar-refractivity contribution in [2.75, 3.05) is 13.1 Å². The van der Waals surface area contributed by atoms with Crippen LogP contribution in [0.1, 0.15) is 40.0 Å². The van der Waals surface area contributed by atoms with Crippen LogP contribution in [0, 0.1) is 5.41 Å². The molecular formula is C11H21NO. The Kier molecular flexibility index (Phi) is 1.97. The van der Waals surface area contributed by atoms with Crippen molar-refractivity contribution >= 4 is 0 Å². The number of likely N-dealkylation sites (tertiary alicyclic amines) is 1. The van der Waals surface area contributed by atoms with Gasteiger partial charge in [0.05, 0.1) is 5.60 Å². The predicted octanol–water partition coefficient (Wildman–Crippen LogP) is 1.63. The summed E-state index contributed by atoms with van der Waals surface area (Å²) in [4.78, 5) is 2.50. The van der Waals surface area contributed by atoms with Gasteiger partial charge in [-0.05, 0) is 33.1 Å². The highest BCUT2D eigenvalue weighted by Gasteiger charge is 2.58. The van der Waals surface area contributed by atoms with Gasteiger partial charge in [0.25, 0.3) is 0 Å². The van der Waals surface area contributed by atoms with Crippen molar-refractivity contribution in [1.82, 2.24) is 4.90 Å². The minimum absolute atomic E-state index is 0.303. The Balaban J connectivity index is 1.82. The van der Waals surface area contributed by atoms with Crippen LogP contribution in [0.25, 0.3) is 0 Å². The molecule has 0 aromatic carbocycles. The highest BCUT2D eigenvalue weighted by Crippen LogP contribution is 2.55. The summed E-state index contributed by atoms with van der Waals surface area (Å²) in [6.45, 7) is 9.01. The molecular weight excluding hydrogens is 162 g/mol. The van der Waals surface area contributed by atoms with E-state index in [-0.39, 0.29) is 5.60 Å². The zero-order valence-electron chi connectivity index (χ0n) is 9.01. The molecule has 0 aromatic rings. The molecule has 1 heterocycles. The van der Waals surface area contributed by atoms with Gasteiger partial charge in [0.15, 0.2) is 0 Å². The van der Waals surface area contributed by atoms with Crippen LogP contribution in [-0.4, -0.2) is 34.7 Å². The summed E-state index contributed by atoms with van der Waals surface area (Å²) in [5.41, 5.74) is 0.206. The molecule has 0 radical (unpaired) electrons. The predicted molar refractivity (Wildman–Crippen MR) is 53.6 cm³/mol. The molecule has 1 aliphatic carbocycles. The first-order valence-corrected chi connectivity index (χ1v) is 5.45. The van der Waals surface area contributed by atoms with Gasteiger partial charge in [-0.2, -0.15) is 0 Å². The van der Waals surface area contributed by atoms with E-state index in [9.17, 15) is 5.11 Å². The molecule has 1 saturated heterocycles. The molecule has 2 rings (SSSR count). The lowest BCUT2D eigenvalue weighted by Gasteiger charge is -2.63. The summed E-state index contributed by atoms with van der Waals surface area (Å²) in [6, 6.07) is 0.681. The first-order chi connectivity index (χ1) is 5.99. The number of rotatable bonds is 2. The number of aliphatic hydroxyl groups is 1. The minimum atomic E-state index is -0.303. The zero-order valence-corrected chi connectivity index (χ0v) is 9.01. The number of nitrogens with zero attached hydrogens (tertiary/aromatic N) is 1. The van der Waals surface area contributed by atoms with Crippen molar-refractivity contribution in [2.24, 2.45) is 5.41 Å². The maximum absolute atomic E-state index is 9.93. The Morgan fingerprint density at radius 2 is 1.85 bits per heavy atom. The van der Waals surface area contributed by atoms with E-state index in [2.05, 4.69) is 25.7 Å². The topological polar surface area (TPSA) is 23.5 Å². The van der Waals surface area contributed by atoms with Gasteiger partial charge in [0.2, 0.25) is 0 Å². The Morgan fingerprint density at radius 1 is 1.31 bits per heavy atom. The van der Waals surface area contributed by atoms with E-state index < -0.39 is 0 Å². The average Bonchev–Trinajstić information content (AvgIpc) is 1.93. The lowest BCUT2D eigenvalue weighted by Crippen LogP contribution is -2.68. The van der Waals surface area contributed by atoms with E-state index in [1.54, 1.807) is 0 Å². The molecule has 2 fully saturated rings. The summed E-state index contributed by atoms with van der Waals surface area (Å²) in [6.07, 6.45) is 3.01. The third-order valence-corrected chi connectivity index (χ3v) is 3.87. The van der Waals surface area contributed by atoms with Crippen LogP contribution in [0.2, 0.25) is 0 Å². The summed E-state index contributed by atoms with van der Waals surface area (Å²) >= 11 is 0. The molecule has 0 aromatic heterocycles. The molecule has 0 atom stereocenters. The van der Waals surface area contributed by atoms with Crippen LogP contribution < -0.4 is 0 Å². The SMILES string of the molecule is CCC1(O)CC2(CN(C(C)C)C2)C1. The fourth-order valence-electron chi connectivity index (χ4n) is 3.00. The zero-order chi connectivity index (χ0) is 9.69. The summed E-state index contributed by atoms with van der Waals surface area (Å²) < 4.78 is 0. The van der Waals surface area contributed by atoms with Crippen LogP contribution in [0.5, 0.6) is 0 Å². The number of hydrogen-bond donors (Lipinski definition) is 1. The van der Waals surface area contributed by atoms with Crippen LogP contribution in [0.4, 0.5) is 0 Å². The molecule has 13 heavy (non-hydrogen) atoms. The Labute approximate surface area is 80.9 Å². The second-order valence-electron chi connectivity index (χ2n) is 5.43. The van der Waals surface area contributed by atoms with Gasteiger partial charge in [-0.1, -0.05) is 6.92 Å². The van der Waals surface area contributed by atoms with E-state index in [0.29, 0.717) is 11.5 Å². The highest BCUT2D eigenvalue weighted by molar-refractivity contribution is 5.11. The first-order valence-electron chi connectivity index (χ1n) is 5.45. The number of hydrogen-bond acceptors (Lipinski definition) is 2. The van der Waals surface area contributed by atoms with Crippen molar-refractivity contribution in [3.05, 3.63) is 0 Å². The smallest absolute Gasteiger partial charge is 0.0657 e. The average molecular weight is 183 g/mol. The standard InChI is InChI=1S/C11H21NO/c1-4-11(13)5-10(6-11)7-12(8-10)9(2)3/h9,13H,4-8H2,1-3H3. The molecule has 1 aliphatic heterocycles. The summed E-state index contributed by atoms with van der Waals surface area (Å²) in [5, 5.41) is 9.93. The highest BCUT2D eigenvalue weighted by atomic mass is 16.3. The van der Waals surface area contributed by atoms with Gasteiger partial charge in [-0.3, -0.25) is 4.90 Å². The van der Waals surface area contributed by atoms with Gasteiger partial charge in [0.1, 0.15) is 0 Å². The largest absolute Gasteiger partial charge is 0.390 e. The van der Waals surface area contributed by atoms with Crippen molar-refractivity contribution in [3.8, 4) is 0 Å². The third kappa shape index (κ3) is 1.40. The van der Waals surface area contributed by atoms with Gasteiger partial charge >= 0.3 is 0 Å². The fourth-order valence-corrected chi connectivity index (χ4v) is 3.00. The van der Waals surface area contributed by atoms with Gasteiger partial charge in [0, 0.05) is 24.5 Å². The van der Waals surface area contributed by atoms with Gasteiger partial charge in [-0.15, -0.1) is 0 Å². The molecule has 2 aliphatic rings. The lowest BCUT2D eigenvalue weighted by atomic mass is 9.54. The van der Waals surface area contributed by atoms with E-state index in [4.69, 9.17) is 0 Å². The molecule has 2 heteroatoms. The molecule has 1 N–H and O–H groups in total. The molecule has 1 saturated carbocycles. The first kappa shape index (κ1) is 9.47. The van der Waals surface area contributed by atoms with Crippen molar-refractivity contribution in [2.45, 2.75) is 51.7 Å². The molecule has 1 spiro atoms. The molecule has 0 unspecified atom stereocenters. The fraction of sp³-hybridized carbons (Fsp3) is 1.00. The molecule has 0 amide bonds. The van der Waals surface area contributed by atoms with Crippen molar-refractivity contribution in [3.63, 3.8) is 0 Å². The molecule has 0 bridgehead atoms. The van der Waals surface area contributed by atoms with Crippen LogP contribution in [-0.2, 0) is 0 Å².